The first-order chi connectivity index (χ1) is 8.58. The Balaban J connectivity index is 2.06. The summed E-state index contributed by atoms with van der Waals surface area (Å²) in [5, 5.41) is 4.41. The Kier molecular flexibility index (Phi) is 3.71. The predicted octanol–water partition coefficient (Wildman–Crippen LogP) is 2.07. The monoisotopic (exact) mass is 269 g/mol. The molecule has 94 valence electrons. The third kappa shape index (κ3) is 2.73. The van der Waals surface area contributed by atoms with Gasteiger partial charge in [0.15, 0.2) is 10.9 Å². The predicted molar refractivity (Wildman–Crippen MR) is 62.4 cm³/mol. The first-order valence-electron chi connectivity index (χ1n) is 5.03. The molecule has 0 saturated heterocycles. The zero-order chi connectivity index (χ0) is 13.1. The van der Waals surface area contributed by atoms with E-state index in [-0.39, 0.29) is 11.3 Å². The number of aromatic nitrogens is 3. The lowest BCUT2D eigenvalue weighted by Gasteiger charge is -2.02. The van der Waals surface area contributed by atoms with Crippen molar-refractivity contribution in [2.45, 2.75) is 5.16 Å². The van der Waals surface area contributed by atoms with Crippen LogP contribution in [0.2, 0.25) is 0 Å². The number of aryl methyl sites for hydroxylation is 1. The van der Waals surface area contributed by atoms with Crippen molar-refractivity contribution in [3.8, 4) is 0 Å². The van der Waals surface area contributed by atoms with Crippen molar-refractivity contribution in [3.05, 3.63) is 41.7 Å². The fourth-order valence-corrected chi connectivity index (χ4v) is 2.11. The number of rotatable bonds is 4. The van der Waals surface area contributed by atoms with Crippen LogP contribution in [0, 0.1) is 11.6 Å². The summed E-state index contributed by atoms with van der Waals surface area (Å²) >= 11 is 1.15. The van der Waals surface area contributed by atoms with Gasteiger partial charge in [-0.15, -0.1) is 0 Å². The minimum absolute atomic E-state index is 0.0229. The molecule has 0 aliphatic rings. The van der Waals surface area contributed by atoms with Crippen LogP contribution in [0.4, 0.5) is 8.78 Å². The van der Waals surface area contributed by atoms with Gasteiger partial charge in [-0.3, -0.25) is 4.79 Å². The van der Waals surface area contributed by atoms with Crippen LogP contribution in [0.5, 0.6) is 0 Å². The van der Waals surface area contributed by atoms with Gasteiger partial charge in [0.25, 0.3) is 0 Å². The Hall–Kier alpha value is -1.76. The molecule has 0 saturated carbocycles. The molecule has 4 nitrogen and oxygen atoms in total. The van der Waals surface area contributed by atoms with Gasteiger partial charge in [0, 0.05) is 13.1 Å². The van der Waals surface area contributed by atoms with Crippen molar-refractivity contribution < 1.29 is 13.6 Å². The molecule has 0 aliphatic heterocycles. The maximum atomic E-state index is 13.3. The second-order valence-electron chi connectivity index (χ2n) is 3.50. The van der Waals surface area contributed by atoms with Gasteiger partial charge in [0.1, 0.15) is 18.0 Å². The average Bonchev–Trinajstić information content (AvgIpc) is 2.72. The van der Waals surface area contributed by atoms with E-state index in [1.54, 1.807) is 7.05 Å². The average molecular weight is 269 g/mol. The van der Waals surface area contributed by atoms with Crippen LogP contribution >= 0.6 is 11.8 Å². The Labute approximate surface area is 106 Å². The highest BCUT2D eigenvalue weighted by molar-refractivity contribution is 7.99. The maximum absolute atomic E-state index is 13.3. The molecule has 1 aromatic heterocycles. The molecule has 7 heteroatoms. The van der Waals surface area contributed by atoms with E-state index in [4.69, 9.17) is 0 Å². The van der Waals surface area contributed by atoms with Gasteiger partial charge in [-0.2, -0.15) is 5.10 Å². The fourth-order valence-electron chi connectivity index (χ4n) is 1.34. The molecule has 0 fully saturated rings. The number of halogens is 2. The summed E-state index contributed by atoms with van der Waals surface area (Å²) in [4.78, 5) is 15.7. The smallest absolute Gasteiger partial charge is 0.186 e. The molecular weight excluding hydrogens is 260 g/mol. The summed E-state index contributed by atoms with van der Waals surface area (Å²) in [6.45, 7) is 0. The topological polar surface area (TPSA) is 47.8 Å². The molecule has 0 amide bonds. The number of Topliss-reactive ketones (excluding diaryl/α,β-unsaturated/α-hetero) is 1. The number of hydrogen-bond donors (Lipinski definition) is 0. The molecule has 0 spiro atoms. The third-order valence-electron chi connectivity index (χ3n) is 2.23. The second-order valence-corrected chi connectivity index (χ2v) is 4.44. The normalized spacial score (nSPS) is 10.6. The molecule has 2 rings (SSSR count). The number of thioether (sulfide) groups is 1. The summed E-state index contributed by atoms with van der Waals surface area (Å²) < 4.78 is 27.6. The van der Waals surface area contributed by atoms with Gasteiger partial charge in [0.2, 0.25) is 0 Å². The molecule has 0 bridgehead atoms. The molecule has 1 heterocycles. The molecule has 0 atom stereocenters. The SMILES string of the molecule is Cn1ncnc1SCC(=O)c1ccc(F)cc1F. The fraction of sp³-hybridized carbons (Fsp3) is 0.182. The Morgan fingerprint density at radius 2 is 2.22 bits per heavy atom. The Morgan fingerprint density at radius 1 is 1.44 bits per heavy atom. The lowest BCUT2D eigenvalue weighted by molar-refractivity contribution is 0.101. The van der Waals surface area contributed by atoms with Gasteiger partial charge < -0.3 is 0 Å². The maximum Gasteiger partial charge on any atom is 0.186 e. The minimum Gasteiger partial charge on any atom is -0.293 e. The molecular formula is C11H9F2N3OS. The molecule has 0 radical (unpaired) electrons. The lowest BCUT2D eigenvalue weighted by Crippen LogP contribution is -2.06. The first-order valence-corrected chi connectivity index (χ1v) is 6.01. The van der Waals surface area contributed by atoms with E-state index >= 15 is 0 Å². The van der Waals surface area contributed by atoms with Crippen LogP contribution in [0.1, 0.15) is 10.4 Å². The summed E-state index contributed by atoms with van der Waals surface area (Å²) in [6.07, 6.45) is 1.37. The van der Waals surface area contributed by atoms with Crippen molar-refractivity contribution in [1.29, 1.82) is 0 Å². The Morgan fingerprint density at radius 3 is 2.83 bits per heavy atom. The lowest BCUT2D eigenvalue weighted by atomic mass is 10.1. The van der Waals surface area contributed by atoms with E-state index in [1.807, 2.05) is 0 Å². The van der Waals surface area contributed by atoms with E-state index in [0.29, 0.717) is 11.2 Å². The van der Waals surface area contributed by atoms with Crippen LogP contribution in [0.15, 0.2) is 29.7 Å². The zero-order valence-electron chi connectivity index (χ0n) is 9.43. The van der Waals surface area contributed by atoms with Gasteiger partial charge >= 0.3 is 0 Å². The summed E-state index contributed by atoms with van der Waals surface area (Å²) in [7, 11) is 1.69. The van der Waals surface area contributed by atoms with Crippen molar-refractivity contribution in [1.82, 2.24) is 14.8 Å². The zero-order valence-corrected chi connectivity index (χ0v) is 10.2. The van der Waals surface area contributed by atoms with Crippen LogP contribution in [-0.4, -0.2) is 26.3 Å². The second kappa shape index (κ2) is 5.26. The van der Waals surface area contributed by atoms with E-state index in [1.165, 1.54) is 11.0 Å². The molecule has 2 aromatic rings. The highest BCUT2D eigenvalue weighted by Crippen LogP contribution is 2.17. The van der Waals surface area contributed by atoms with E-state index in [9.17, 15) is 13.6 Å². The molecule has 0 unspecified atom stereocenters. The number of hydrogen-bond acceptors (Lipinski definition) is 4. The van der Waals surface area contributed by atoms with E-state index < -0.39 is 17.4 Å². The third-order valence-corrected chi connectivity index (χ3v) is 3.27. The van der Waals surface area contributed by atoms with Gasteiger partial charge in [-0.05, 0) is 12.1 Å². The highest BCUT2D eigenvalue weighted by atomic mass is 32.2. The molecule has 0 aliphatic carbocycles. The van der Waals surface area contributed by atoms with Gasteiger partial charge in [-0.1, -0.05) is 11.8 Å². The van der Waals surface area contributed by atoms with E-state index in [0.717, 1.165) is 23.9 Å². The van der Waals surface area contributed by atoms with Gasteiger partial charge in [-0.25, -0.2) is 18.4 Å². The van der Waals surface area contributed by atoms with Crippen LogP contribution in [0.3, 0.4) is 0 Å². The number of ketones is 1. The Bertz CT molecular complexity index is 585. The minimum atomic E-state index is -0.849. The highest BCUT2D eigenvalue weighted by Gasteiger charge is 2.14. The standard InChI is InChI=1S/C11H9F2N3OS/c1-16-11(14-6-15-16)18-5-10(17)8-3-2-7(12)4-9(8)13/h2-4,6H,5H2,1H3. The quantitative estimate of drug-likeness (QED) is 0.629. The van der Waals surface area contributed by atoms with Crippen molar-refractivity contribution in [2.24, 2.45) is 7.05 Å². The van der Waals surface area contributed by atoms with Crippen molar-refractivity contribution in [2.75, 3.05) is 5.75 Å². The molecule has 18 heavy (non-hydrogen) atoms. The van der Waals surface area contributed by atoms with Crippen LogP contribution in [-0.2, 0) is 7.05 Å². The largest absolute Gasteiger partial charge is 0.293 e. The summed E-state index contributed by atoms with van der Waals surface area (Å²) in [5.41, 5.74) is -0.119. The first kappa shape index (κ1) is 12.7. The number of carbonyl (C=O) groups is 1. The van der Waals surface area contributed by atoms with Crippen molar-refractivity contribution >= 4 is 17.5 Å². The van der Waals surface area contributed by atoms with Gasteiger partial charge in [0.05, 0.1) is 11.3 Å². The summed E-state index contributed by atoms with van der Waals surface area (Å²) in [6, 6.07) is 2.90. The summed E-state index contributed by atoms with van der Waals surface area (Å²) in [5.74, 6) is -1.95. The van der Waals surface area contributed by atoms with Crippen LogP contribution in [0.25, 0.3) is 0 Å². The molecule has 1 aromatic carbocycles. The van der Waals surface area contributed by atoms with Crippen LogP contribution < -0.4 is 0 Å². The molecule has 0 N–H and O–H groups in total. The number of carbonyl (C=O) groups excluding carboxylic acids is 1. The van der Waals surface area contributed by atoms with Crippen molar-refractivity contribution in [3.63, 3.8) is 0 Å². The number of benzene rings is 1. The van der Waals surface area contributed by atoms with E-state index in [2.05, 4.69) is 10.1 Å². The number of nitrogens with zero attached hydrogens (tertiary/aromatic N) is 3.